The Morgan fingerprint density at radius 3 is 2.17 bits per heavy atom. The molecule has 2 heteroatoms. The van der Waals surface area contributed by atoms with Crippen molar-refractivity contribution < 1.29 is 21.5 Å². The van der Waals surface area contributed by atoms with Gasteiger partial charge in [0.1, 0.15) is 13.1 Å². The van der Waals surface area contributed by atoms with Crippen molar-refractivity contribution in [3.8, 4) is 0 Å². The number of nitrogens with zero attached hydrogens (tertiary/aromatic N) is 1. The van der Waals surface area contributed by atoms with Crippen LogP contribution >= 0.6 is 0 Å². The summed E-state index contributed by atoms with van der Waals surface area (Å²) >= 11 is 0. The van der Waals surface area contributed by atoms with Gasteiger partial charge in [-0.25, -0.2) is 0 Å². The largest absolute Gasteiger partial charge is 1.00 e. The summed E-state index contributed by atoms with van der Waals surface area (Å²) in [6, 6.07) is 18.3. The molecule has 0 aliphatic carbocycles. The third kappa shape index (κ3) is 2.40. The zero-order valence-corrected chi connectivity index (χ0v) is 15.0. The summed E-state index contributed by atoms with van der Waals surface area (Å²) in [6.45, 7) is 5.28. The van der Waals surface area contributed by atoms with E-state index in [9.17, 15) is 0 Å². The molecule has 1 nitrogen and oxygen atoms in total. The minimum atomic E-state index is 0. The van der Waals surface area contributed by atoms with Crippen molar-refractivity contribution in [3.05, 3.63) is 59.7 Å². The van der Waals surface area contributed by atoms with E-state index in [1.165, 1.54) is 71.5 Å². The highest BCUT2D eigenvalue weighted by molar-refractivity contribution is 6.07. The zero-order valence-electron chi connectivity index (χ0n) is 13.4. The standard InChI is InChI=1S/C21H22N.BrH/c1-4-10-22(11-5-1)14-18-12-17-9-8-16-6-2-3-7-20(16)21(17)13-19(18)15-22;/h2-3,6-9,12-13H,1,4-5,10-11,14-15H2;1H/q+1;/p-1. The van der Waals surface area contributed by atoms with Gasteiger partial charge in [-0.15, -0.1) is 0 Å². The maximum Gasteiger partial charge on any atom is 0.105 e. The van der Waals surface area contributed by atoms with Gasteiger partial charge in [0.25, 0.3) is 0 Å². The summed E-state index contributed by atoms with van der Waals surface area (Å²) in [4.78, 5) is 0. The molecule has 1 fully saturated rings. The van der Waals surface area contributed by atoms with Gasteiger partial charge < -0.3 is 21.5 Å². The van der Waals surface area contributed by atoms with Crippen LogP contribution in [0.25, 0.3) is 21.5 Å². The first-order chi connectivity index (χ1) is 10.8. The predicted octanol–water partition coefficient (Wildman–Crippen LogP) is 2.01. The summed E-state index contributed by atoms with van der Waals surface area (Å²) in [5, 5.41) is 5.61. The summed E-state index contributed by atoms with van der Waals surface area (Å²) in [5.74, 6) is 0. The van der Waals surface area contributed by atoms with E-state index in [0.717, 1.165) is 0 Å². The molecule has 0 radical (unpaired) electrons. The van der Waals surface area contributed by atoms with Crippen LogP contribution in [0.3, 0.4) is 0 Å². The fourth-order valence-electron chi connectivity index (χ4n) is 4.72. The number of hydrogen-bond acceptors (Lipinski definition) is 0. The smallest absolute Gasteiger partial charge is 0.105 e. The Balaban J connectivity index is 0.00000135. The number of rotatable bonds is 0. The van der Waals surface area contributed by atoms with Gasteiger partial charge in [-0.1, -0.05) is 36.4 Å². The van der Waals surface area contributed by atoms with Gasteiger partial charge in [-0.3, -0.25) is 0 Å². The third-order valence-electron chi connectivity index (χ3n) is 5.84. The monoisotopic (exact) mass is 367 g/mol. The molecule has 0 aromatic heterocycles. The highest BCUT2D eigenvalue weighted by Gasteiger charge is 2.37. The first-order valence-corrected chi connectivity index (χ1v) is 8.61. The molecule has 0 atom stereocenters. The molecule has 0 N–H and O–H groups in total. The number of benzene rings is 3. The molecule has 118 valence electrons. The number of fused-ring (bicyclic) bond motifs is 4. The molecular formula is C21H22BrN. The van der Waals surface area contributed by atoms with Gasteiger partial charge in [0.2, 0.25) is 0 Å². The lowest BCUT2D eigenvalue weighted by molar-refractivity contribution is -0.951. The van der Waals surface area contributed by atoms with E-state index < -0.39 is 0 Å². The fraction of sp³-hybridized carbons (Fsp3) is 0.333. The van der Waals surface area contributed by atoms with Crippen molar-refractivity contribution >= 4 is 21.5 Å². The molecule has 0 saturated carbocycles. The van der Waals surface area contributed by atoms with Gasteiger partial charge in [-0.05, 0) is 52.9 Å². The van der Waals surface area contributed by atoms with Gasteiger partial charge >= 0.3 is 0 Å². The van der Waals surface area contributed by atoms with Gasteiger partial charge in [0.05, 0.1) is 13.1 Å². The molecule has 2 aliphatic heterocycles. The van der Waals surface area contributed by atoms with Crippen LogP contribution in [0.4, 0.5) is 0 Å². The van der Waals surface area contributed by atoms with E-state index in [1.807, 2.05) is 0 Å². The molecule has 2 aliphatic rings. The molecule has 0 bridgehead atoms. The second-order valence-corrected chi connectivity index (χ2v) is 7.29. The van der Waals surface area contributed by atoms with E-state index in [4.69, 9.17) is 0 Å². The molecule has 3 aromatic rings. The predicted molar refractivity (Wildman–Crippen MR) is 92.7 cm³/mol. The van der Waals surface area contributed by atoms with E-state index in [0.29, 0.717) is 0 Å². The quantitative estimate of drug-likeness (QED) is 0.421. The molecular weight excluding hydrogens is 346 g/mol. The van der Waals surface area contributed by atoms with Crippen LogP contribution in [0.2, 0.25) is 0 Å². The number of hydrogen-bond donors (Lipinski definition) is 0. The van der Waals surface area contributed by atoms with Gasteiger partial charge in [-0.2, -0.15) is 0 Å². The van der Waals surface area contributed by atoms with Crippen LogP contribution in [0.15, 0.2) is 48.5 Å². The molecule has 0 unspecified atom stereocenters. The lowest BCUT2D eigenvalue weighted by Crippen LogP contribution is -3.00. The van der Waals surface area contributed by atoms with Gasteiger partial charge in [0, 0.05) is 11.1 Å². The van der Waals surface area contributed by atoms with Crippen molar-refractivity contribution in [1.29, 1.82) is 0 Å². The maximum absolute atomic E-state index is 2.49. The van der Waals surface area contributed by atoms with Crippen molar-refractivity contribution in [1.82, 2.24) is 0 Å². The maximum atomic E-state index is 2.49. The van der Waals surface area contributed by atoms with Crippen molar-refractivity contribution in [2.75, 3.05) is 13.1 Å². The summed E-state index contributed by atoms with van der Waals surface area (Å²) in [6.07, 6.45) is 4.26. The van der Waals surface area contributed by atoms with Crippen molar-refractivity contribution in [2.24, 2.45) is 0 Å². The van der Waals surface area contributed by atoms with Crippen molar-refractivity contribution in [3.63, 3.8) is 0 Å². The van der Waals surface area contributed by atoms with Crippen molar-refractivity contribution in [2.45, 2.75) is 32.4 Å². The average Bonchev–Trinajstić information content (AvgIpc) is 2.89. The highest BCUT2D eigenvalue weighted by atomic mass is 79.9. The third-order valence-corrected chi connectivity index (χ3v) is 5.84. The van der Waals surface area contributed by atoms with Gasteiger partial charge in [0.15, 0.2) is 0 Å². The zero-order chi connectivity index (χ0) is 14.6. The van der Waals surface area contributed by atoms with Crippen LogP contribution in [-0.2, 0) is 13.1 Å². The summed E-state index contributed by atoms with van der Waals surface area (Å²) in [7, 11) is 0. The molecule has 0 amide bonds. The Kier molecular flexibility index (Phi) is 3.70. The van der Waals surface area contributed by atoms with Crippen LogP contribution in [0, 0.1) is 0 Å². The Morgan fingerprint density at radius 1 is 0.652 bits per heavy atom. The first-order valence-electron chi connectivity index (χ1n) is 8.61. The molecule has 23 heavy (non-hydrogen) atoms. The topological polar surface area (TPSA) is 0 Å². The highest BCUT2D eigenvalue weighted by Crippen LogP contribution is 2.37. The Morgan fingerprint density at radius 2 is 1.35 bits per heavy atom. The van der Waals surface area contributed by atoms with Crippen LogP contribution in [0.5, 0.6) is 0 Å². The Labute approximate surface area is 148 Å². The lowest BCUT2D eigenvalue weighted by atomic mass is 9.98. The van der Waals surface area contributed by atoms with E-state index >= 15 is 0 Å². The van der Waals surface area contributed by atoms with Crippen LogP contribution in [0.1, 0.15) is 30.4 Å². The average molecular weight is 368 g/mol. The number of halogens is 1. The Hall–Kier alpha value is -1.38. The van der Waals surface area contributed by atoms with E-state index in [2.05, 4.69) is 48.5 Å². The minimum absolute atomic E-state index is 0. The molecule has 1 spiro atoms. The number of quaternary nitrogens is 1. The number of piperidine rings is 1. The fourth-order valence-corrected chi connectivity index (χ4v) is 4.72. The first kappa shape index (κ1) is 15.2. The van der Waals surface area contributed by atoms with Crippen LogP contribution < -0.4 is 17.0 Å². The SMILES string of the molecule is [Br-].c1ccc2c(c1)ccc1cc3c(cc12)C[N+]1(CCCCC1)C3. The van der Waals surface area contributed by atoms with E-state index in [1.54, 1.807) is 11.1 Å². The second-order valence-electron chi connectivity index (χ2n) is 7.29. The molecule has 3 aromatic carbocycles. The van der Waals surface area contributed by atoms with Crippen LogP contribution in [-0.4, -0.2) is 17.6 Å². The molecule has 2 heterocycles. The normalized spacial score (nSPS) is 19.0. The summed E-state index contributed by atoms with van der Waals surface area (Å²) < 4.78 is 1.32. The van der Waals surface area contributed by atoms with E-state index in [-0.39, 0.29) is 17.0 Å². The molecule has 1 saturated heterocycles. The summed E-state index contributed by atoms with van der Waals surface area (Å²) in [5.41, 5.74) is 3.20. The lowest BCUT2D eigenvalue weighted by Gasteiger charge is -2.37. The minimum Gasteiger partial charge on any atom is -1.00 e. The second kappa shape index (κ2) is 5.61. The molecule has 5 rings (SSSR count). The Bertz CT molecular complexity index is 878.